The molecule has 1 aliphatic rings. The average Bonchev–Trinajstić information content (AvgIpc) is 3.73. The fraction of sp³-hybridized carbons (Fsp3) is 0.241. The van der Waals surface area contributed by atoms with Gasteiger partial charge < -0.3 is 14.2 Å². The quantitative estimate of drug-likeness (QED) is 0.387. The minimum Gasteiger partial charge on any atom is -0.497 e. The summed E-state index contributed by atoms with van der Waals surface area (Å²) < 4.78 is 7.22. The molecule has 1 heterocycles. The van der Waals surface area contributed by atoms with E-state index in [9.17, 15) is 9.59 Å². The second-order valence-corrected chi connectivity index (χ2v) is 8.81. The lowest BCUT2D eigenvalue weighted by molar-refractivity contribution is -0.119. The van der Waals surface area contributed by atoms with Crippen molar-refractivity contribution in [2.45, 2.75) is 19.3 Å². The van der Waals surface area contributed by atoms with Crippen LogP contribution in [0.25, 0.3) is 21.9 Å². The van der Waals surface area contributed by atoms with Crippen LogP contribution in [0.15, 0.2) is 83.7 Å². The van der Waals surface area contributed by atoms with Gasteiger partial charge in [-0.15, -0.1) is 0 Å². The number of fused-ring (bicyclic) bond motifs is 1. The van der Waals surface area contributed by atoms with Crippen LogP contribution in [0.5, 0.6) is 5.75 Å². The molecule has 1 aromatic heterocycles. The van der Waals surface area contributed by atoms with Gasteiger partial charge in [0.1, 0.15) is 5.75 Å². The number of nitrogens with zero attached hydrogens (tertiary/aromatic N) is 2. The SMILES string of the molecule is COc1ccc2c(=O)n(C)c(CCN(C(=O)C3CC3)c3ccccc3)c(-c3ccccc3)c2c1. The first-order valence-electron chi connectivity index (χ1n) is 11.7. The number of benzene rings is 3. The van der Waals surface area contributed by atoms with Gasteiger partial charge in [0.2, 0.25) is 5.91 Å². The second-order valence-electron chi connectivity index (χ2n) is 8.81. The largest absolute Gasteiger partial charge is 0.497 e. The number of ether oxygens (including phenoxy) is 1. The molecule has 5 rings (SSSR count). The van der Waals surface area contributed by atoms with Crippen LogP contribution < -0.4 is 15.2 Å². The van der Waals surface area contributed by atoms with Gasteiger partial charge in [-0.3, -0.25) is 9.59 Å². The van der Waals surface area contributed by atoms with Crippen LogP contribution in [0.2, 0.25) is 0 Å². The van der Waals surface area contributed by atoms with Gasteiger partial charge in [-0.25, -0.2) is 0 Å². The van der Waals surface area contributed by atoms with E-state index < -0.39 is 0 Å². The fourth-order valence-corrected chi connectivity index (χ4v) is 4.63. The summed E-state index contributed by atoms with van der Waals surface area (Å²) in [6, 6.07) is 25.5. The Morgan fingerprint density at radius 3 is 2.29 bits per heavy atom. The molecule has 172 valence electrons. The number of hydrogen-bond acceptors (Lipinski definition) is 3. The zero-order chi connectivity index (χ0) is 23.7. The minimum atomic E-state index is -0.0490. The number of anilines is 1. The number of hydrogen-bond donors (Lipinski definition) is 0. The predicted octanol–water partition coefficient (Wildman–Crippen LogP) is 5.20. The molecule has 0 bridgehead atoms. The Balaban J connectivity index is 1.64. The molecule has 0 unspecified atom stereocenters. The molecule has 1 saturated carbocycles. The van der Waals surface area contributed by atoms with E-state index in [4.69, 9.17) is 4.74 Å². The Hall–Kier alpha value is -3.86. The lowest BCUT2D eigenvalue weighted by atomic mass is 9.95. The Labute approximate surface area is 199 Å². The average molecular weight is 453 g/mol. The van der Waals surface area contributed by atoms with Crippen LogP contribution in [-0.2, 0) is 18.3 Å². The van der Waals surface area contributed by atoms with Crippen molar-refractivity contribution < 1.29 is 9.53 Å². The molecule has 5 heteroatoms. The van der Waals surface area contributed by atoms with Crippen molar-refractivity contribution in [3.05, 3.63) is 94.9 Å². The molecular weight excluding hydrogens is 424 g/mol. The van der Waals surface area contributed by atoms with Gasteiger partial charge in [-0.1, -0.05) is 48.5 Å². The van der Waals surface area contributed by atoms with Crippen LogP contribution in [-0.4, -0.2) is 24.1 Å². The molecule has 0 N–H and O–H groups in total. The predicted molar refractivity (Wildman–Crippen MR) is 136 cm³/mol. The van der Waals surface area contributed by atoms with Gasteiger partial charge in [-0.05, 0) is 48.7 Å². The highest BCUT2D eigenvalue weighted by Gasteiger charge is 2.34. The lowest BCUT2D eigenvalue weighted by Crippen LogP contribution is -2.35. The summed E-state index contributed by atoms with van der Waals surface area (Å²) in [5.41, 5.74) is 3.79. The first-order valence-corrected chi connectivity index (χ1v) is 11.7. The number of para-hydroxylation sites is 1. The number of aromatic nitrogens is 1. The molecular formula is C29H28N2O3. The molecule has 1 aliphatic carbocycles. The number of methoxy groups -OCH3 is 1. The molecule has 3 aromatic carbocycles. The third kappa shape index (κ3) is 4.10. The highest BCUT2D eigenvalue weighted by molar-refractivity contribution is 5.99. The summed E-state index contributed by atoms with van der Waals surface area (Å²) in [7, 11) is 3.45. The first kappa shape index (κ1) is 22.0. The maximum atomic E-state index is 13.3. The Morgan fingerprint density at radius 2 is 1.65 bits per heavy atom. The number of rotatable bonds is 7. The zero-order valence-electron chi connectivity index (χ0n) is 19.5. The van der Waals surface area contributed by atoms with Gasteiger partial charge in [0.05, 0.1) is 7.11 Å². The van der Waals surface area contributed by atoms with E-state index in [0.717, 1.165) is 40.7 Å². The maximum Gasteiger partial charge on any atom is 0.258 e. The number of carbonyl (C=O) groups is 1. The van der Waals surface area contributed by atoms with E-state index >= 15 is 0 Å². The second kappa shape index (κ2) is 9.18. The van der Waals surface area contributed by atoms with Crippen LogP contribution in [0.1, 0.15) is 18.5 Å². The molecule has 34 heavy (non-hydrogen) atoms. The molecule has 1 amide bonds. The molecule has 0 atom stereocenters. The summed E-state index contributed by atoms with van der Waals surface area (Å²) in [6.45, 7) is 0.502. The molecule has 0 saturated heterocycles. The van der Waals surface area contributed by atoms with Crippen LogP contribution in [0.3, 0.4) is 0 Å². The summed E-state index contributed by atoms with van der Waals surface area (Å²) in [6.07, 6.45) is 2.45. The first-order chi connectivity index (χ1) is 16.6. The standard InChI is InChI=1S/C29H28N2O3/c1-30-26(17-18-31(28(32)21-13-14-21)22-11-7-4-8-12-22)27(20-9-5-3-6-10-20)25-19-23(34-2)15-16-24(25)29(30)33/h3-12,15-16,19,21H,13-14,17-18H2,1-2H3. The highest BCUT2D eigenvalue weighted by atomic mass is 16.5. The van der Waals surface area contributed by atoms with Gasteiger partial charge >= 0.3 is 0 Å². The van der Waals surface area contributed by atoms with Gasteiger partial charge in [-0.2, -0.15) is 0 Å². The van der Waals surface area contributed by atoms with E-state index in [0.29, 0.717) is 24.1 Å². The van der Waals surface area contributed by atoms with Crippen molar-refractivity contribution in [2.75, 3.05) is 18.6 Å². The third-order valence-electron chi connectivity index (χ3n) is 6.62. The van der Waals surface area contributed by atoms with Gasteiger partial charge in [0, 0.05) is 53.6 Å². The Morgan fingerprint density at radius 1 is 0.971 bits per heavy atom. The van der Waals surface area contributed by atoms with E-state index in [1.165, 1.54) is 0 Å². The van der Waals surface area contributed by atoms with Gasteiger partial charge in [0.15, 0.2) is 0 Å². The van der Waals surface area contributed by atoms with Crippen molar-refractivity contribution in [1.29, 1.82) is 0 Å². The van der Waals surface area contributed by atoms with Gasteiger partial charge in [0.25, 0.3) is 5.56 Å². The zero-order valence-corrected chi connectivity index (χ0v) is 19.5. The van der Waals surface area contributed by atoms with E-state index in [1.807, 2.05) is 78.7 Å². The third-order valence-corrected chi connectivity index (χ3v) is 6.62. The van der Waals surface area contributed by atoms with E-state index in [-0.39, 0.29) is 17.4 Å². The maximum absolute atomic E-state index is 13.3. The Bertz CT molecular complexity index is 1390. The summed E-state index contributed by atoms with van der Waals surface area (Å²) >= 11 is 0. The van der Waals surface area contributed by atoms with E-state index in [1.54, 1.807) is 11.7 Å². The fourth-order valence-electron chi connectivity index (χ4n) is 4.63. The number of amides is 1. The monoisotopic (exact) mass is 452 g/mol. The summed E-state index contributed by atoms with van der Waals surface area (Å²) in [5.74, 6) is 0.983. The molecule has 1 fully saturated rings. The summed E-state index contributed by atoms with van der Waals surface area (Å²) in [4.78, 5) is 28.4. The minimum absolute atomic E-state index is 0.0490. The van der Waals surface area contributed by atoms with Crippen molar-refractivity contribution in [3.63, 3.8) is 0 Å². The molecule has 4 aromatic rings. The molecule has 5 nitrogen and oxygen atoms in total. The van der Waals surface area contributed by atoms with Crippen molar-refractivity contribution in [3.8, 4) is 16.9 Å². The number of pyridine rings is 1. The molecule has 0 aliphatic heterocycles. The normalized spacial score (nSPS) is 13.1. The van der Waals surface area contributed by atoms with E-state index in [2.05, 4.69) is 12.1 Å². The number of carbonyl (C=O) groups excluding carboxylic acids is 1. The van der Waals surface area contributed by atoms with Crippen LogP contribution in [0.4, 0.5) is 5.69 Å². The molecule has 0 spiro atoms. The van der Waals surface area contributed by atoms with Crippen LogP contribution in [0, 0.1) is 5.92 Å². The highest BCUT2D eigenvalue weighted by Crippen LogP contribution is 2.35. The van der Waals surface area contributed by atoms with Crippen molar-refractivity contribution in [1.82, 2.24) is 4.57 Å². The molecule has 0 radical (unpaired) electrons. The Kier molecular flexibility index (Phi) is 5.93. The lowest BCUT2D eigenvalue weighted by Gasteiger charge is -2.25. The topological polar surface area (TPSA) is 51.5 Å². The van der Waals surface area contributed by atoms with Crippen LogP contribution >= 0.6 is 0 Å². The van der Waals surface area contributed by atoms with Crippen molar-refractivity contribution in [2.24, 2.45) is 13.0 Å². The van der Waals surface area contributed by atoms with Crippen molar-refractivity contribution >= 4 is 22.4 Å². The smallest absolute Gasteiger partial charge is 0.258 e. The summed E-state index contributed by atoms with van der Waals surface area (Å²) in [5, 5.41) is 1.52.